The van der Waals surface area contributed by atoms with E-state index in [0.29, 0.717) is 31.7 Å². The Morgan fingerprint density at radius 2 is 1.65 bits per heavy atom. The molecule has 1 aromatic heterocycles. The minimum absolute atomic E-state index is 0.106. The van der Waals surface area contributed by atoms with E-state index in [1.807, 2.05) is 54.6 Å². The van der Waals surface area contributed by atoms with Crippen molar-refractivity contribution in [3.05, 3.63) is 159 Å². The van der Waals surface area contributed by atoms with Crippen LogP contribution in [0.4, 0.5) is 11.4 Å². The van der Waals surface area contributed by atoms with Crippen molar-refractivity contribution in [2.45, 2.75) is 32.7 Å². The van der Waals surface area contributed by atoms with Crippen molar-refractivity contribution >= 4 is 40.5 Å². The first-order valence-corrected chi connectivity index (χ1v) is 17.0. The van der Waals surface area contributed by atoms with E-state index in [-0.39, 0.29) is 40.9 Å². The number of nitrogens with zero attached hydrogens (tertiary/aromatic N) is 4. The summed E-state index contributed by atoms with van der Waals surface area (Å²) < 4.78 is 18.7. The van der Waals surface area contributed by atoms with Gasteiger partial charge in [-0.3, -0.25) is 29.6 Å². The molecule has 0 saturated heterocycles. The van der Waals surface area contributed by atoms with Gasteiger partial charge in [0, 0.05) is 11.6 Å². The van der Waals surface area contributed by atoms with E-state index in [9.17, 15) is 29.8 Å². The van der Waals surface area contributed by atoms with Crippen LogP contribution in [0.25, 0.3) is 11.8 Å². The van der Waals surface area contributed by atoms with Gasteiger partial charge < -0.3 is 14.2 Å². The SMILES string of the molecule is CCOC(=O)C1=C(c2ccccc2)N=c2s/c(=C\c3ccc(Oc4ccc([N+](=O)[O-])cc4[N+](=O)[O-])c(OC)c3)c(=O)n2[C@H]1c1ccc(C(C)C)cc1. The molecule has 6 rings (SSSR count). The van der Waals surface area contributed by atoms with Crippen LogP contribution in [0.3, 0.4) is 0 Å². The maximum Gasteiger partial charge on any atom is 0.338 e. The number of aromatic nitrogens is 1. The molecule has 14 heteroatoms. The first-order chi connectivity index (χ1) is 25.0. The van der Waals surface area contributed by atoms with E-state index >= 15 is 0 Å². The van der Waals surface area contributed by atoms with Crippen LogP contribution in [0, 0.1) is 20.2 Å². The summed E-state index contributed by atoms with van der Waals surface area (Å²) in [7, 11) is 1.39. The number of fused-ring (bicyclic) bond motifs is 1. The van der Waals surface area contributed by atoms with Crippen LogP contribution in [0.15, 0.2) is 106 Å². The number of carbonyl (C=O) groups excluding carboxylic acids is 1. The Labute approximate surface area is 300 Å². The molecule has 264 valence electrons. The third-order valence-corrected chi connectivity index (χ3v) is 9.33. The largest absolute Gasteiger partial charge is 0.493 e. The Morgan fingerprint density at radius 1 is 0.942 bits per heavy atom. The van der Waals surface area contributed by atoms with Crippen LogP contribution in [0.5, 0.6) is 17.2 Å². The quantitative estimate of drug-likeness (QED) is 0.0822. The van der Waals surface area contributed by atoms with Crippen molar-refractivity contribution in [1.82, 2.24) is 4.57 Å². The number of thiazole rings is 1. The van der Waals surface area contributed by atoms with Gasteiger partial charge >= 0.3 is 11.7 Å². The molecule has 52 heavy (non-hydrogen) atoms. The minimum atomic E-state index is -0.836. The number of nitro benzene ring substituents is 2. The van der Waals surface area contributed by atoms with Gasteiger partial charge in [0.1, 0.15) is 0 Å². The van der Waals surface area contributed by atoms with Crippen LogP contribution in [-0.4, -0.2) is 34.1 Å². The second kappa shape index (κ2) is 14.8. The zero-order valence-corrected chi connectivity index (χ0v) is 29.3. The summed E-state index contributed by atoms with van der Waals surface area (Å²) in [5.74, 6) is -0.231. The highest BCUT2D eigenvalue weighted by molar-refractivity contribution is 7.07. The topological polar surface area (TPSA) is 165 Å². The molecule has 5 aromatic rings. The maximum absolute atomic E-state index is 14.3. The molecule has 1 atom stereocenters. The second-order valence-corrected chi connectivity index (χ2v) is 12.9. The van der Waals surface area contributed by atoms with Crippen LogP contribution >= 0.6 is 11.3 Å². The molecule has 0 aliphatic carbocycles. The van der Waals surface area contributed by atoms with Crippen LogP contribution in [-0.2, 0) is 9.53 Å². The van der Waals surface area contributed by atoms with Crippen molar-refractivity contribution in [3.8, 4) is 17.2 Å². The van der Waals surface area contributed by atoms with Gasteiger partial charge in [0.15, 0.2) is 16.3 Å². The lowest BCUT2D eigenvalue weighted by Crippen LogP contribution is -2.40. The van der Waals surface area contributed by atoms with E-state index < -0.39 is 33.2 Å². The third-order valence-electron chi connectivity index (χ3n) is 8.35. The molecule has 2 heterocycles. The van der Waals surface area contributed by atoms with Crippen molar-refractivity contribution in [2.24, 2.45) is 4.99 Å². The summed E-state index contributed by atoms with van der Waals surface area (Å²) in [5.41, 5.74) is 2.28. The molecule has 4 aromatic carbocycles. The molecule has 0 N–H and O–H groups in total. The third kappa shape index (κ3) is 6.96. The Bertz CT molecular complexity index is 2420. The highest BCUT2D eigenvalue weighted by Crippen LogP contribution is 2.39. The Kier molecular flexibility index (Phi) is 10.1. The number of non-ortho nitro benzene ring substituents is 1. The Morgan fingerprint density at radius 3 is 2.29 bits per heavy atom. The number of hydrogen-bond acceptors (Lipinski definition) is 11. The first kappa shape index (κ1) is 35.4. The van der Waals surface area contributed by atoms with Gasteiger partial charge in [0.05, 0.1) is 51.5 Å². The molecule has 0 unspecified atom stereocenters. The standard InChI is InChI=1S/C38H32N4O9S/c1-5-50-37(44)33-34(25-9-7-6-8-10-25)39-38-40(35(33)26-14-12-24(13-15-26)22(2)3)36(43)32(52-38)20-23-11-17-30(31(19-23)49-4)51-29-18-16-27(41(45)46)21-28(29)42(47)48/h6-22,35H,5H2,1-4H3/b32-20-/t35-/m0/s1. The van der Waals surface area contributed by atoms with Gasteiger partial charge in [-0.1, -0.05) is 85.8 Å². The molecule has 0 amide bonds. The summed E-state index contributed by atoms with van der Waals surface area (Å²) in [6, 6.07) is 24.1. The predicted octanol–water partition coefficient (Wildman–Crippen LogP) is 6.68. The highest BCUT2D eigenvalue weighted by Gasteiger charge is 2.35. The molecule has 13 nitrogen and oxygen atoms in total. The second-order valence-electron chi connectivity index (χ2n) is 11.9. The fourth-order valence-electron chi connectivity index (χ4n) is 5.80. The number of benzene rings is 4. The average molecular weight is 721 g/mol. The monoisotopic (exact) mass is 720 g/mol. The predicted molar refractivity (Wildman–Crippen MR) is 194 cm³/mol. The highest BCUT2D eigenvalue weighted by atomic mass is 32.1. The van der Waals surface area contributed by atoms with E-state index in [2.05, 4.69) is 13.8 Å². The van der Waals surface area contributed by atoms with E-state index in [1.165, 1.54) is 17.7 Å². The van der Waals surface area contributed by atoms with Crippen LogP contribution < -0.4 is 24.4 Å². The molecule has 0 radical (unpaired) electrons. The van der Waals surface area contributed by atoms with Gasteiger partial charge in [-0.2, -0.15) is 0 Å². The number of rotatable bonds is 11. The number of hydrogen-bond donors (Lipinski definition) is 0. The van der Waals surface area contributed by atoms with Gasteiger partial charge in [-0.25, -0.2) is 9.79 Å². The maximum atomic E-state index is 14.3. The number of esters is 1. The summed E-state index contributed by atoms with van der Waals surface area (Å²) in [4.78, 5) is 54.7. The lowest BCUT2D eigenvalue weighted by molar-refractivity contribution is -0.394. The zero-order chi connectivity index (χ0) is 37.1. The lowest BCUT2D eigenvalue weighted by atomic mass is 9.91. The fraction of sp³-hybridized carbons (Fsp3) is 0.184. The average Bonchev–Trinajstić information content (AvgIpc) is 3.45. The molecular formula is C38H32N4O9S. The number of methoxy groups -OCH3 is 1. The molecule has 0 bridgehead atoms. The van der Waals surface area contributed by atoms with Crippen molar-refractivity contribution in [1.29, 1.82) is 0 Å². The van der Waals surface area contributed by atoms with Crippen molar-refractivity contribution in [2.75, 3.05) is 13.7 Å². The number of ether oxygens (including phenoxy) is 3. The van der Waals surface area contributed by atoms with Gasteiger partial charge in [-0.05, 0) is 53.8 Å². The van der Waals surface area contributed by atoms with E-state index in [4.69, 9.17) is 19.2 Å². The molecule has 0 fully saturated rings. The summed E-state index contributed by atoms with van der Waals surface area (Å²) in [6.07, 6.45) is 1.65. The van der Waals surface area contributed by atoms with E-state index in [0.717, 1.165) is 35.1 Å². The van der Waals surface area contributed by atoms with Gasteiger partial charge in [0.2, 0.25) is 5.75 Å². The summed E-state index contributed by atoms with van der Waals surface area (Å²) in [5, 5.41) is 22.8. The fourth-order valence-corrected chi connectivity index (χ4v) is 6.80. The summed E-state index contributed by atoms with van der Waals surface area (Å²) in [6.45, 7) is 6.03. The smallest absolute Gasteiger partial charge is 0.338 e. The number of nitro groups is 2. The van der Waals surface area contributed by atoms with E-state index in [1.54, 1.807) is 25.1 Å². The van der Waals surface area contributed by atoms with Crippen LogP contribution in [0.1, 0.15) is 55.0 Å². The van der Waals surface area contributed by atoms with Gasteiger partial charge in [0.25, 0.3) is 11.2 Å². The van der Waals surface area contributed by atoms with Crippen molar-refractivity contribution < 1.29 is 28.9 Å². The molecule has 0 spiro atoms. The summed E-state index contributed by atoms with van der Waals surface area (Å²) >= 11 is 1.16. The minimum Gasteiger partial charge on any atom is -0.493 e. The lowest BCUT2D eigenvalue weighted by Gasteiger charge is -2.26. The molecule has 1 aliphatic rings. The first-order valence-electron chi connectivity index (χ1n) is 16.2. The van der Waals surface area contributed by atoms with Crippen LogP contribution in [0.2, 0.25) is 0 Å². The zero-order valence-electron chi connectivity index (χ0n) is 28.5. The molecule has 0 saturated carbocycles. The molecule has 1 aliphatic heterocycles. The molecular weight excluding hydrogens is 689 g/mol. The number of carbonyl (C=O) groups is 1. The Hall–Kier alpha value is -6.41. The van der Waals surface area contributed by atoms with Crippen molar-refractivity contribution in [3.63, 3.8) is 0 Å². The van der Waals surface area contributed by atoms with Gasteiger partial charge in [-0.15, -0.1) is 0 Å². The normalized spacial score (nSPS) is 14.1. The Balaban J connectivity index is 1.48.